The third kappa shape index (κ3) is 3.15. The van der Waals surface area contributed by atoms with E-state index in [1.807, 2.05) is 0 Å². The predicted molar refractivity (Wildman–Crippen MR) is 79.4 cm³/mol. The number of hydrogen-bond acceptors (Lipinski definition) is 5. The second-order valence-electron chi connectivity index (χ2n) is 5.52. The molecule has 1 aromatic rings. The zero-order chi connectivity index (χ0) is 13.8. The summed E-state index contributed by atoms with van der Waals surface area (Å²) in [6, 6.07) is 0.597. The zero-order valence-electron chi connectivity index (χ0n) is 12.3. The summed E-state index contributed by atoms with van der Waals surface area (Å²) in [6.45, 7) is 4.26. The van der Waals surface area contributed by atoms with Crippen LogP contribution in [0, 0.1) is 0 Å². The quantitative estimate of drug-likeness (QED) is 0.893. The van der Waals surface area contributed by atoms with Crippen molar-refractivity contribution in [2.24, 2.45) is 0 Å². The van der Waals surface area contributed by atoms with Gasteiger partial charge in [-0.1, -0.05) is 13.3 Å². The van der Waals surface area contributed by atoms with Gasteiger partial charge >= 0.3 is 0 Å². The van der Waals surface area contributed by atoms with Crippen LogP contribution in [0.2, 0.25) is 0 Å². The molecule has 2 rings (SSSR count). The molecule has 1 aromatic heterocycles. The lowest BCUT2D eigenvalue weighted by Crippen LogP contribution is -2.45. The minimum Gasteiger partial charge on any atom is -0.383 e. The molecule has 5 heteroatoms. The van der Waals surface area contributed by atoms with Crippen LogP contribution in [0.3, 0.4) is 0 Å². The normalized spacial score (nSPS) is 20.0. The van der Waals surface area contributed by atoms with Crippen molar-refractivity contribution in [3.63, 3.8) is 0 Å². The number of nitrogens with zero attached hydrogens (tertiary/aromatic N) is 4. The second kappa shape index (κ2) is 6.19. The van der Waals surface area contributed by atoms with Crippen molar-refractivity contribution in [3.8, 4) is 0 Å². The van der Waals surface area contributed by atoms with Crippen molar-refractivity contribution >= 4 is 11.6 Å². The molecule has 0 bridgehead atoms. The summed E-state index contributed by atoms with van der Waals surface area (Å²) in [7, 11) is 4.30. The SMILES string of the molecule is CCCc1c(N)ncnc1N1CCCC(N(C)C)C1. The van der Waals surface area contributed by atoms with E-state index >= 15 is 0 Å². The van der Waals surface area contributed by atoms with E-state index in [0.717, 1.165) is 37.3 Å². The minimum atomic E-state index is 0.597. The number of nitrogens with two attached hydrogens (primary N) is 1. The maximum absolute atomic E-state index is 6.02. The summed E-state index contributed by atoms with van der Waals surface area (Å²) in [4.78, 5) is 13.3. The Kier molecular flexibility index (Phi) is 4.58. The second-order valence-corrected chi connectivity index (χ2v) is 5.52. The van der Waals surface area contributed by atoms with Crippen LogP contribution in [0.5, 0.6) is 0 Å². The van der Waals surface area contributed by atoms with Gasteiger partial charge in [-0.15, -0.1) is 0 Å². The maximum atomic E-state index is 6.02. The Bertz CT molecular complexity index is 418. The van der Waals surface area contributed by atoms with Gasteiger partial charge in [0, 0.05) is 24.7 Å². The summed E-state index contributed by atoms with van der Waals surface area (Å²) in [5.41, 5.74) is 7.14. The minimum absolute atomic E-state index is 0.597. The van der Waals surface area contributed by atoms with Gasteiger partial charge in [0.05, 0.1) is 0 Å². The lowest BCUT2D eigenvalue weighted by Gasteiger charge is -2.37. The lowest BCUT2D eigenvalue weighted by atomic mass is 10.0. The molecule has 1 atom stereocenters. The summed E-state index contributed by atoms with van der Waals surface area (Å²) >= 11 is 0. The molecule has 2 heterocycles. The maximum Gasteiger partial charge on any atom is 0.137 e. The Labute approximate surface area is 115 Å². The molecule has 19 heavy (non-hydrogen) atoms. The molecular weight excluding hydrogens is 238 g/mol. The Morgan fingerprint density at radius 3 is 2.89 bits per heavy atom. The van der Waals surface area contributed by atoms with Crippen LogP contribution in [-0.2, 0) is 6.42 Å². The average molecular weight is 263 g/mol. The van der Waals surface area contributed by atoms with Crippen molar-refractivity contribution in [2.75, 3.05) is 37.8 Å². The van der Waals surface area contributed by atoms with Crippen molar-refractivity contribution in [2.45, 2.75) is 38.6 Å². The Morgan fingerprint density at radius 1 is 1.42 bits per heavy atom. The average Bonchev–Trinajstić information content (AvgIpc) is 2.41. The van der Waals surface area contributed by atoms with Gasteiger partial charge in [-0.2, -0.15) is 0 Å². The van der Waals surface area contributed by atoms with Gasteiger partial charge in [0.1, 0.15) is 18.0 Å². The predicted octanol–water partition coefficient (Wildman–Crippen LogP) is 1.54. The molecule has 2 N–H and O–H groups in total. The molecule has 5 nitrogen and oxygen atoms in total. The smallest absolute Gasteiger partial charge is 0.137 e. The summed E-state index contributed by atoms with van der Waals surface area (Å²) in [6.07, 6.45) is 6.06. The highest BCUT2D eigenvalue weighted by atomic mass is 15.2. The molecule has 0 saturated carbocycles. The van der Waals surface area contributed by atoms with Crippen LogP contribution < -0.4 is 10.6 Å². The molecule has 0 radical (unpaired) electrons. The Balaban J connectivity index is 2.23. The fraction of sp³-hybridized carbons (Fsp3) is 0.714. The van der Waals surface area contributed by atoms with Crippen molar-refractivity contribution in [3.05, 3.63) is 11.9 Å². The van der Waals surface area contributed by atoms with Crippen molar-refractivity contribution < 1.29 is 0 Å². The number of anilines is 2. The van der Waals surface area contributed by atoms with E-state index in [0.29, 0.717) is 11.9 Å². The molecule has 1 fully saturated rings. The first-order chi connectivity index (χ1) is 9.13. The van der Waals surface area contributed by atoms with E-state index in [9.17, 15) is 0 Å². The van der Waals surface area contributed by atoms with Gasteiger partial charge in [0.2, 0.25) is 0 Å². The van der Waals surface area contributed by atoms with E-state index in [2.05, 4.69) is 40.8 Å². The van der Waals surface area contributed by atoms with Crippen LogP contribution in [0.1, 0.15) is 31.7 Å². The molecule has 1 unspecified atom stereocenters. The van der Waals surface area contributed by atoms with Crippen molar-refractivity contribution in [1.29, 1.82) is 0 Å². The highest BCUT2D eigenvalue weighted by Crippen LogP contribution is 2.26. The Morgan fingerprint density at radius 2 is 2.21 bits per heavy atom. The number of hydrogen-bond donors (Lipinski definition) is 1. The van der Waals surface area contributed by atoms with E-state index < -0.39 is 0 Å². The molecule has 1 aliphatic heterocycles. The van der Waals surface area contributed by atoms with Gasteiger partial charge in [0.25, 0.3) is 0 Å². The van der Waals surface area contributed by atoms with Crippen LogP contribution in [0.15, 0.2) is 6.33 Å². The van der Waals surface area contributed by atoms with Crippen LogP contribution in [0.4, 0.5) is 11.6 Å². The first-order valence-electron chi connectivity index (χ1n) is 7.14. The third-order valence-electron chi connectivity index (χ3n) is 3.88. The fourth-order valence-electron chi connectivity index (χ4n) is 2.75. The first kappa shape index (κ1) is 14.1. The standard InChI is InChI=1S/C14H25N5/c1-4-6-12-13(15)16-10-17-14(12)19-8-5-7-11(9-19)18(2)3/h10-11H,4-9H2,1-3H3,(H2,15,16,17). The van der Waals surface area contributed by atoms with Crippen LogP contribution in [-0.4, -0.2) is 48.1 Å². The summed E-state index contributed by atoms with van der Waals surface area (Å²) < 4.78 is 0. The van der Waals surface area contributed by atoms with Gasteiger partial charge in [-0.25, -0.2) is 9.97 Å². The van der Waals surface area contributed by atoms with Gasteiger partial charge in [0.15, 0.2) is 0 Å². The molecule has 0 amide bonds. The first-order valence-corrected chi connectivity index (χ1v) is 7.14. The third-order valence-corrected chi connectivity index (χ3v) is 3.88. The van der Waals surface area contributed by atoms with E-state index in [1.54, 1.807) is 6.33 Å². The molecule has 0 spiro atoms. The van der Waals surface area contributed by atoms with Gasteiger partial charge in [-0.05, 0) is 33.4 Å². The Hall–Kier alpha value is -1.36. The zero-order valence-corrected chi connectivity index (χ0v) is 12.3. The number of nitrogen functional groups attached to an aromatic ring is 1. The molecule has 0 aromatic carbocycles. The lowest BCUT2D eigenvalue weighted by molar-refractivity contribution is 0.257. The van der Waals surface area contributed by atoms with E-state index in [4.69, 9.17) is 5.73 Å². The van der Waals surface area contributed by atoms with E-state index in [-0.39, 0.29) is 0 Å². The molecule has 1 aliphatic rings. The summed E-state index contributed by atoms with van der Waals surface area (Å²) in [5, 5.41) is 0. The van der Waals surface area contributed by atoms with Gasteiger partial charge < -0.3 is 15.5 Å². The number of rotatable bonds is 4. The summed E-state index contributed by atoms with van der Waals surface area (Å²) in [5.74, 6) is 1.68. The van der Waals surface area contributed by atoms with Crippen LogP contribution in [0.25, 0.3) is 0 Å². The largest absolute Gasteiger partial charge is 0.383 e. The van der Waals surface area contributed by atoms with Crippen molar-refractivity contribution in [1.82, 2.24) is 14.9 Å². The highest BCUT2D eigenvalue weighted by Gasteiger charge is 2.24. The molecule has 0 aliphatic carbocycles. The highest BCUT2D eigenvalue weighted by molar-refractivity contribution is 5.57. The molecular formula is C14H25N5. The fourth-order valence-corrected chi connectivity index (χ4v) is 2.75. The van der Waals surface area contributed by atoms with E-state index in [1.165, 1.54) is 12.8 Å². The topological polar surface area (TPSA) is 58.3 Å². The monoisotopic (exact) mass is 263 g/mol. The molecule has 106 valence electrons. The molecule has 1 saturated heterocycles. The van der Waals surface area contributed by atoms with Gasteiger partial charge in [-0.3, -0.25) is 0 Å². The number of aromatic nitrogens is 2. The number of piperidine rings is 1. The van der Waals surface area contributed by atoms with Crippen LogP contribution >= 0.6 is 0 Å². The number of likely N-dealkylation sites (N-methyl/N-ethyl adjacent to an activating group) is 1.